The summed E-state index contributed by atoms with van der Waals surface area (Å²) in [6.07, 6.45) is -0.184. The molecule has 1 atom stereocenters. The number of aryl methyl sites for hydroxylation is 1. The Labute approximate surface area is 161 Å². The minimum atomic E-state index is -1.09. The third kappa shape index (κ3) is 5.89. The van der Waals surface area contributed by atoms with Crippen molar-refractivity contribution in [3.8, 4) is 10.6 Å². The van der Waals surface area contributed by atoms with Crippen molar-refractivity contribution in [3.05, 3.63) is 40.9 Å². The number of benzene rings is 1. The second-order valence-corrected chi connectivity index (χ2v) is 7.24. The molecule has 7 nitrogen and oxygen atoms in total. The monoisotopic (exact) mass is 389 g/mol. The van der Waals surface area contributed by atoms with Crippen LogP contribution in [0.5, 0.6) is 0 Å². The van der Waals surface area contributed by atoms with Crippen LogP contribution in [0, 0.1) is 5.92 Å². The van der Waals surface area contributed by atoms with Crippen molar-refractivity contribution < 1.29 is 19.1 Å². The molecule has 0 aliphatic rings. The molecular formula is C19H23N3O4S. The van der Waals surface area contributed by atoms with Crippen LogP contribution in [0.4, 0.5) is 4.79 Å². The topological polar surface area (TPSA) is 111 Å². The molecule has 0 aliphatic carbocycles. The number of esters is 1. The number of imide groups is 1. The third-order valence-electron chi connectivity index (χ3n) is 3.86. The number of hydrogen-bond donors (Lipinski definition) is 2. The lowest BCUT2D eigenvalue weighted by atomic mass is 10.1. The van der Waals surface area contributed by atoms with Gasteiger partial charge in [-0.3, -0.25) is 14.9 Å². The van der Waals surface area contributed by atoms with Crippen molar-refractivity contribution in [2.45, 2.75) is 39.7 Å². The van der Waals surface area contributed by atoms with E-state index in [4.69, 9.17) is 10.5 Å². The first-order valence-electron chi connectivity index (χ1n) is 8.63. The van der Waals surface area contributed by atoms with Gasteiger partial charge >= 0.3 is 12.0 Å². The quantitative estimate of drug-likeness (QED) is 0.707. The molecule has 0 aliphatic heterocycles. The molecular weight excluding hydrogens is 366 g/mol. The van der Waals surface area contributed by atoms with Gasteiger partial charge in [0.1, 0.15) is 5.01 Å². The first kappa shape index (κ1) is 20.6. The molecule has 0 fully saturated rings. The van der Waals surface area contributed by atoms with E-state index in [2.05, 4.69) is 24.0 Å². The lowest BCUT2D eigenvalue weighted by molar-refractivity contribution is -0.157. The number of ether oxygens (including phenoxy) is 1. The number of carbonyl (C=O) groups is 3. The summed E-state index contributed by atoms with van der Waals surface area (Å²) >= 11 is 1.44. The third-order valence-corrected chi connectivity index (χ3v) is 4.80. The van der Waals surface area contributed by atoms with Crippen LogP contribution in [-0.2, 0) is 27.2 Å². The summed E-state index contributed by atoms with van der Waals surface area (Å²) in [5, 5.41) is 4.54. The maximum Gasteiger partial charge on any atom is 0.318 e. The van der Waals surface area contributed by atoms with Gasteiger partial charge in [0.05, 0.1) is 12.1 Å². The highest BCUT2D eigenvalue weighted by molar-refractivity contribution is 7.13. The molecule has 0 unspecified atom stereocenters. The average molecular weight is 389 g/mol. The fraction of sp³-hybridized carbons (Fsp3) is 0.368. The number of thiazole rings is 1. The Bertz CT molecular complexity index is 815. The molecule has 1 aromatic carbocycles. The molecule has 8 heteroatoms. The summed E-state index contributed by atoms with van der Waals surface area (Å²) in [4.78, 5) is 39.4. The number of hydrogen-bond acceptors (Lipinski definition) is 6. The van der Waals surface area contributed by atoms with Gasteiger partial charge in [0.2, 0.25) is 0 Å². The lowest BCUT2D eigenvalue weighted by Crippen LogP contribution is -2.45. The summed E-state index contributed by atoms with van der Waals surface area (Å²) in [5.41, 5.74) is 7.74. The largest absolute Gasteiger partial charge is 0.452 e. The number of primary amides is 1. The predicted molar refractivity (Wildman–Crippen MR) is 103 cm³/mol. The summed E-state index contributed by atoms with van der Waals surface area (Å²) in [6.45, 7) is 5.51. The first-order valence-corrected chi connectivity index (χ1v) is 9.51. The van der Waals surface area contributed by atoms with Gasteiger partial charge < -0.3 is 10.5 Å². The van der Waals surface area contributed by atoms with Crippen molar-refractivity contribution in [3.63, 3.8) is 0 Å². The minimum Gasteiger partial charge on any atom is -0.452 e. The van der Waals surface area contributed by atoms with E-state index in [9.17, 15) is 14.4 Å². The number of aromatic nitrogens is 1. The number of nitrogens with zero attached hydrogens (tertiary/aromatic N) is 1. The Morgan fingerprint density at radius 1 is 1.22 bits per heavy atom. The minimum absolute atomic E-state index is 0.0589. The number of nitrogens with one attached hydrogen (secondary N) is 1. The van der Waals surface area contributed by atoms with Gasteiger partial charge in [-0.2, -0.15) is 0 Å². The van der Waals surface area contributed by atoms with Crippen LogP contribution in [0.1, 0.15) is 32.0 Å². The van der Waals surface area contributed by atoms with Gasteiger partial charge in [-0.1, -0.05) is 45.0 Å². The molecule has 2 rings (SSSR count). The fourth-order valence-electron chi connectivity index (χ4n) is 2.42. The van der Waals surface area contributed by atoms with Gasteiger partial charge in [-0.15, -0.1) is 11.3 Å². The number of amides is 3. The van der Waals surface area contributed by atoms with Crippen LogP contribution in [-0.4, -0.2) is 29.0 Å². The van der Waals surface area contributed by atoms with E-state index in [0.717, 1.165) is 17.0 Å². The van der Waals surface area contributed by atoms with Crippen LogP contribution in [0.3, 0.4) is 0 Å². The molecule has 0 saturated heterocycles. The molecule has 1 aromatic heterocycles. The van der Waals surface area contributed by atoms with Gasteiger partial charge in [0.15, 0.2) is 6.10 Å². The van der Waals surface area contributed by atoms with Crippen LogP contribution in [0.2, 0.25) is 0 Å². The molecule has 1 heterocycles. The standard InChI is InChI=1S/C19H23N3O4S/c1-4-12-5-7-13(8-6-12)18-21-14(10-27-18)9-15(23)26-16(11(2)3)17(24)22-19(20)25/h5-8,10-11,16H,4,9H2,1-3H3,(H3,20,22,24,25)/t16-/m0/s1. The number of urea groups is 1. The molecule has 2 aromatic rings. The summed E-state index contributed by atoms with van der Waals surface area (Å²) in [6, 6.07) is 7.12. The van der Waals surface area contributed by atoms with E-state index in [0.29, 0.717) is 5.69 Å². The highest BCUT2D eigenvalue weighted by atomic mass is 32.1. The molecule has 3 amide bonds. The first-order chi connectivity index (χ1) is 12.8. The normalized spacial score (nSPS) is 11.9. The van der Waals surface area contributed by atoms with Gasteiger partial charge in [0.25, 0.3) is 5.91 Å². The maximum absolute atomic E-state index is 12.2. The second kappa shape index (κ2) is 9.27. The maximum atomic E-state index is 12.2. The smallest absolute Gasteiger partial charge is 0.318 e. The van der Waals surface area contributed by atoms with Gasteiger partial charge in [-0.25, -0.2) is 9.78 Å². The Kier molecular flexibility index (Phi) is 7.06. The number of nitrogens with two attached hydrogens (primary N) is 1. The SMILES string of the molecule is CCc1ccc(-c2nc(CC(=O)O[C@H](C(=O)NC(N)=O)C(C)C)cs2)cc1. The number of rotatable bonds is 7. The van der Waals surface area contributed by atoms with E-state index in [-0.39, 0.29) is 12.3 Å². The van der Waals surface area contributed by atoms with E-state index in [1.54, 1.807) is 19.2 Å². The van der Waals surface area contributed by atoms with E-state index in [1.165, 1.54) is 16.9 Å². The molecule has 27 heavy (non-hydrogen) atoms. The van der Waals surface area contributed by atoms with Crippen molar-refractivity contribution in [2.24, 2.45) is 11.7 Å². The summed E-state index contributed by atoms with van der Waals surface area (Å²) in [7, 11) is 0. The molecule has 144 valence electrons. The van der Waals surface area contributed by atoms with Gasteiger partial charge in [-0.05, 0) is 17.9 Å². The van der Waals surface area contributed by atoms with Gasteiger partial charge in [0, 0.05) is 10.9 Å². The van der Waals surface area contributed by atoms with Crippen LogP contribution in [0.25, 0.3) is 10.6 Å². The van der Waals surface area contributed by atoms with Crippen molar-refractivity contribution in [1.29, 1.82) is 0 Å². The molecule has 3 N–H and O–H groups in total. The Morgan fingerprint density at radius 3 is 2.44 bits per heavy atom. The lowest BCUT2D eigenvalue weighted by Gasteiger charge is -2.19. The average Bonchev–Trinajstić information content (AvgIpc) is 3.07. The molecule has 0 spiro atoms. The highest BCUT2D eigenvalue weighted by Crippen LogP contribution is 2.24. The molecule has 0 radical (unpaired) electrons. The Morgan fingerprint density at radius 2 is 1.89 bits per heavy atom. The molecule has 0 bridgehead atoms. The van der Waals surface area contributed by atoms with Crippen LogP contribution < -0.4 is 11.1 Å². The highest BCUT2D eigenvalue weighted by Gasteiger charge is 2.27. The fourth-order valence-corrected chi connectivity index (χ4v) is 3.25. The zero-order valence-electron chi connectivity index (χ0n) is 15.5. The van der Waals surface area contributed by atoms with Crippen molar-refractivity contribution in [2.75, 3.05) is 0 Å². The predicted octanol–water partition coefficient (Wildman–Crippen LogP) is 2.68. The second-order valence-electron chi connectivity index (χ2n) is 6.38. The van der Waals surface area contributed by atoms with E-state index >= 15 is 0 Å². The van der Waals surface area contributed by atoms with E-state index in [1.807, 2.05) is 17.4 Å². The zero-order chi connectivity index (χ0) is 20.0. The van der Waals surface area contributed by atoms with Crippen LogP contribution in [0.15, 0.2) is 29.6 Å². The van der Waals surface area contributed by atoms with Crippen molar-refractivity contribution in [1.82, 2.24) is 10.3 Å². The Hall–Kier alpha value is -2.74. The molecule has 0 saturated carbocycles. The summed E-state index contributed by atoms with van der Waals surface area (Å²) in [5.74, 6) is -1.64. The Balaban J connectivity index is 2.01. The zero-order valence-corrected chi connectivity index (χ0v) is 16.3. The summed E-state index contributed by atoms with van der Waals surface area (Å²) < 4.78 is 5.23. The van der Waals surface area contributed by atoms with E-state index < -0.39 is 24.0 Å². The van der Waals surface area contributed by atoms with Crippen molar-refractivity contribution >= 4 is 29.2 Å². The number of carbonyl (C=O) groups excluding carboxylic acids is 3. The van der Waals surface area contributed by atoms with Crippen LogP contribution >= 0.6 is 11.3 Å².